The van der Waals surface area contributed by atoms with E-state index in [0.29, 0.717) is 0 Å². The lowest BCUT2D eigenvalue weighted by Gasteiger charge is -2.34. The number of hydrogen-bond acceptors (Lipinski definition) is 27. The topological polar surface area (TPSA) is 703 Å². The van der Waals surface area contributed by atoms with Gasteiger partial charge in [-0.15, -0.1) is 0 Å². The van der Waals surface area contributed by atoms with Crippen LogP contribution in [0.15, 0.2) is 23.0 Å². The first-order valence-electron chi connectivity index (χ1n) is 29.2. The maximum Gasteiger partial charge on any atom is 0.335 e. The van der Waals surface area contributed by atoms with E-state index in [1.54, 1.807) is 10.6 Å². The highest BCUT2D eigenvalue weighted by atomic mass is 16.5. The number of hydroxylamine groups is 2. The Balaban J connectivity index is 1.87. The third-order valence-electron chi connectivity index (χ3n) is 14.1. The van der Waals surface area contributed by atoms with Gasteiger partial charge in [0.1, 0.15) is 54.2 Å². The number of phenols is 1. The number of aliphatic carboxylic acids is 4. The number of nitrogens with two attached hydrogens (primary N) is 1. The first kappa shape index (κ1) is 81.0. The van der Waals surface area contributed by atoms with Crippen LogP contribution in [0.5, 0.6) is 5.75 Å². The molecule has 0 saturated heterocycles. The van der Waals surface area contributed by atoms with Crippen LogP contribution in [-0.4, -0.2) is 283 Å². The number of benzene rings is 1. The van der Waals surface area contributed by atoms with Gasteiger partial charge in [-0.1, -0.05) is 0 Å². The maximum absolute atomic E-state index is 14.4. The van der Waals surface area contributed by atoms with Gasteiger partial charge in [0.2, 0.25) is 70.4 Å². The molecule has 0 aromatic carbocycles. The van der Waals surface area contributed by atoms with Crippen molar-refractivity contribution >= 4 is 100 Å². The molecule has 11 amide bonds. The number of aliphatic hydroxyl groups excluding tert-OH is 7. The lowest BCUT2D eigenvalue weighted by atomic mass is 10.0. The number of phenolic OH excluding ortho intramolecular Hbond substituents is 1. The molecule has 0 radical (unpaired) electrons. The number of hydrogen-bond donors (Lipinski definition) is 25. The van der Waals surface area contributed by atoms with Gasteiger partial charge in [-0.2, -0.15) is 0 Å². The molecule has 26 N–H and O–H groups in total. The normalized spacial score (nSPS) is 16.5. The lowest BCUT2D eigenvalue weighted by molar-refractivity contribution is -0.167. The Hall–Kier alpha value is -10.3. The zero-order valence-corrected chi connectivity index (χ0v) is 51.8. The zero-order chi connectivity index (χ0) is 73.5. The Kier molecular flexibility index (Phi) is 31.5. The van der Waals surface area contributed by atoms with E-state index < -0.39 is 250 Å². The molecule has 0 aromatic heterocycles. The molecule has 538 valence electrons. The number of carboxylic acid groups (broad SMARTS) is 4. The second-order valence-corrected chi connectivity index (χ2v) is 21.9. The zero-order valence-electron chi connectivity index (χ0n) is 51.8. The number of rotatable bonds is 39. The number of pyridine rings is 1. The molecule has 3 rings (SSSR count). The van der Waals surface area contributed by atoms with Crippen molar-refractivity contribution in [2.45, 2.75) is 151 Å². The number of amides is 11. The summed E-state index contributed by atoms with van der Waals surface area (Å²) in [4.78, 5) is 207. The summed E-state index contributed by atoms with van der Waals surface area (Å²) in [6.07, 6.45) is -14.2. The monoisotopic (exact) mass is 1390 g/mol. The summed E-state index contributed by atoms with van der Waals surface area (Å²) in [5.74, 6) is -22.8. The molecule has 14 atom stereocenters. The summed E-state index contributed by atoms with van der Waals surface area (Å²) in [7, 11) is 0. The quantitative estimate of drug-likeness (QED) is 0.0218. The largest absolute Gasteiger partial charge is 0.504 e. The minimum absolute atomic E-state index is 0.00205. The number of carboxylic acids is 4. The SMILES string of the molecule is CC(O)CC(=O)N(O)CCCC(NC(=O)C(CC(=O)O)NC(=O)C1CCNc2c(NC(=O)CC(O)C(=O)O)cc3cc(O)c(=O)cc-3n21)C(=O)NC(CCN)C(=O)NC(C(=O)NCC(=O)NC(CO)C(=O)NC(CO)C(=O)NC(C(=O)NC(C(=O)O)C(C)O)C(O)C(=O)O)C(C)O. The molecule has 14 unspecified atom stereocenters. The summed E-state index contributed by atoms with van der Waals surface area (Å²) in [5.41, 5.74) is 4.56. The second kappa shape index (κ2) is 37.7. The molecule has 0 aromatic rings. The van der Waals surface area contributed by atoms with Crippen molar-refractivity contribution in [3.8, 4) is 17.0 Å². The molecule has 97 heavy (non-hydrogen) atoms. The molecule has 0 spiro atoms. The summed E-state index contributed by atoms with van der Waals surface area (Å²) in [6, 6.07) is -15.0. The van der Waals surface area contributed by atoms with E-state index in [1.807, 2.05) is 16.0 Å². The third-order valence-corrected chi connectivity index (χ3v) is 14.1. The van der Waals surface area contributed by atoms with Gasteiger partial charge in [0.15, 0.2) is 24.0 Å². The van der Waals surface area contributed by atoms with Gasteiger partial charge < -0.3 is 130 Å². The van der Waals surface area contributed by atoms with Crippen LogP contribution in [0.2, 0.25) is 0 Å². The van der Waals surface area contributed by atoms with Crippen LogP contribution in [-0.2, 0) is 71.9 Å². The number of carbonyl (C=O) groups excluding carboxylic acids is 11. The average molecular weight is 1390 g/mol. The van der Waals surface area contributed by atoms with Gasteiger partial charge in [-0.05, 0) is 65.1 Å². The van der Waals surface area contributed by atoms with Crippen molar-refractivity contribution in [2.24, 2.45) is 5.73 Å². The molecule has 3 aliphatic rings. The van der Waals surface area contributed by atoms with Gasteiger partial charge in [0.25, 0.3) is 0 Å². The molecule has 0 fully saturated rings. The fourth-order valence-corrected chi connectivity index (χ4v) is 9.13. The Morgan fingerprint density at radius 3 is 1.69 bits per heavy atom. The fraction of sp³-hybridized carbons (Fsp3) is 0.556. The van der Waals surface area contributed by atoms with E-state index in [2.05, 4.69) is 31.9 Å². The van der Waals surface area contributed by atoms with Crippen molar-refractivity contribution in [2.75, 3.05) is 50.0 Å². The van der Waals surface area contributed by atoms with E-state index in [0.717, 1.165) is 30.5 Å². The first-order chi connectivity index (χ1) is 45.4. The third kappa shape index (κ3) is 24.2. The summed E-state index contributed by atoms with van der Waals surface area (Å²) >= 11 is 0. The van der Waals surface area contributed by atoms with Crippen LogP contribution in [0.4, 0.5) is 11.5 Å². The number of anilines is 2. The molecule has 0 saturated carbocycles. The van der Waals surface area contributed by atoms with Crippen LogP contribution in [0.1, 0.15) is 71.8 Å². The second-order valence-electron chi connectivity index (χ2n) is 21.9. The predicted molar refractivity (Wildman–Crippen MR) is 320 cm³/mol. The number of aromatic hydroxyl groups is 1. The molecule has 0 bridgehead atoms. The van der Waals surface area contributed by atoms with Gasteiger partial charge in [0.05, 0.1) is 68.7 Å². The van der Waals surface area contributed by atoms with Crippen LogP contribution in [0.3, 0.4) is 0 Å². The molecular formula is C54H78N14O29. The van der Waals surface area contributed by atoms with Crippen LogP contribution in [0.25, 0.3) is 11.3 Å². The fourth-order valence-electron chi connectivity index (χ4n) is 9.13. The average Bonchev–Trinajstić information content (AvgIpc) is 0.749. The van der Waals surface area contributed by atoms with Crippen LogP contribution < -0.4 is 69.6 Å². The minimum atomic E-state index is -2.79. The van der Waals surface area contributed by atoms with Crippen molar-refractivity contribution in [3.05, 3.63) is 28.4 Å². The molecule has 2 aliphatic heterocycles. The van der Waals surface area contributed by atoms with Crippen molar-refractivity contribution < 1.29 is 138 Å². The summed E-state index contributed by atoms with van der Waals surface area (Å²) in [6.45, 7) is -1.72. The molecule has 2 heterocycles. The highest BCUT2D eigenvalue weighted by Gasteiger charge is 2.41. The van der Waals surface area contributed by atoms with Gasteiger partial charge in [0, 0.05) is 24.7 Å². The van der Waals surface area contributed by atoms with Crippen molar-refractivity contribution in [3.63, 3.8) is 0 Å². The Labute approximate surface area is 546 Å². The summed E-state index contributed by atoms with van der Waals surface area (Å²) < 4.78 is 1.15. The number of nitrogens with one attached hydrogen (secondary N) is 11. The number of nitrogens with zero attached hydrogens (tertiary/aromatic N) is 2. The number of carbonyl (C=O) groups is 15. The number of fused-ring (bicyclic) bond motifs is 3. The Bertz CT molecular complexity index is 3270. The number of aliphatic hydroxyl groups is 7. The highest BCUT2D eigenvalue weighted by Crippen LogP contribution is 2.40. The van der Waals surface area contributed by atoms with Crippen molar-refractivity contribution in [1.82, 2.24) is 57.5 Å². The van der Waals surface area contributed by atoms with Crippen molar-refractivity contribution in [1.29, 1.82) is 0 Å². The molecular weight excluding hydrogens is 1310 g/mol. The lowest BCUT2D eigenvalue weighted by Crippen LogP contribution is -2.63. The summed E-state index contributed by atoms with van der Waals surface area (Å²) in [5, 5.41) is 152. The van der Waals surface area contributed by atoms with Crippen LogP contribution >= 0.6 is 0 Å². The standard InChI is InChI=1S/C54H78N14O29/c1-20(71)11-37(79)67(97)10-4-5-24(60-46(85)27(14-38(80)81)62-49(88)30-7-9-56-43-26(58-35(77)16-34(76)52(91)92)12-23-13-32(74)33(75)15-31(23)68(30)43)44(83)61-25(6-8-55)45(84)64-39(21(2)72)50(89)57-17-36(78)59-28(18-69)47(86)63-29(19-70)48(87)66-41(42(82)54(95)96)51(90)65-40(22(3)73)53(93)94/h12-13,15,20-22,24-25,27-30,34,39-42,56,69-74,76,82,97H,4-11,14,16-19,55H2,1-3H3,(H,57,89)(H,58,77)(H,59,78)(H,60,85)(H,61,83)(H,62,88)(H,63,86)(H,64,84)(H,65,90)(H,66,87)(H,80,81)(H,91,92)(H,93,94)(H,95,96). The number of aromatic nitrogens is 1. The first-order valence-corrected chi connectivity index (χ1v) is 29.2. The van der Waals surface area contributed by atoms with E-state index in [9.17, 15) is 138 Å². The molecule has 43 nitrogen and oxygen atoms in total. The van der Waals surface area contributed by atoms with E-state index in [4.69, 9.17) is 10.8 Å². The van der Waals surface area contributed by atoms with Gasteiger partial charge in [-0.25, -0.2) is 19.4 Å². The minimum Gasteiger partial charge on any atom is -0.504 e. The van der Waals surface area contributed by atoms with E-state index in [1.165, 1.54) is 13.0 Å². The van der Waals surface area contributed by atoms with E-state index in [-0.39, 0.29) is 47.2 Å². The van der Waals surface area contributed by atoms with Gasteiger partial charge >= 0.3 is 23.9 Å². The predicted octanol–water partition coefficient (Wildman–Crippen LogP) is -11.3. The molecule has 1 aliphatic carbocycles. The molecule has 43 heteroatoms. The Morgan fingerprint density at radius 1 is 0.608 bits per heavy atom. The Morgan fingerprint density at radius 2 is 1.14 bits per heavy atom. The van der Waals surface area contributed by atoms with E-state index >= 15 is 0 Å². The van der Waals surface area contributed by atoms with Crippen LogP contribution in [0, 0.1) is 0 Å². The smallest absolute Gasteiger partial charge is 0.335 e. The highest BCUT2D eigenvalue weighted by molar-refractivity contribution is 6.01. The maximum atomic E-state index is 14.4. The van der Waals surface area contributed by atoms with Gasteiger partial charge in [-0.3, -0.25) is 67.5 Å².